The number of methoxy groups -OCH3 is 1. The summed E-state index contributed by atoms with van der Waals surface area (Å²) in [5.74, 6) is -0.794. The van der Waals surface area contributed by atoms with Gasteiger partial charge in [0.25, 0.3) is 5.91 Å². The minimum atomic E-state index is -0.510. The van der Waals surface area contributed by atoms with Gasteiger partial charge in [-0.2, -0.15) is 0 Å². The van der Waals surface area contributed by atoms with Crippen LogP contribution in [-0.4, -0.2) is 26.0 Å². The number of rotatable bonds is 4. The van der Waals surface area contributed by atoms with Crippen LogP contribution in [0.15, 0.2) is 42.5 Å². The second-order valence-corrected chi connectivity index (χ2v) is 6.30. The standard InChI is InChI=1S/C18H14Cl3NO3/c1-22(18(24)12-3-6-14(20)15(21)10-12)16-7-5-13(19)9-11(16)4-8-17(23)25-2/h3-10H,1-2H3/b8-4+. The van der Waals surface area contributed by atoms with E-state index in [9.17, 15) is 9.59 Å². The van der Waals surface area contributed by atoms with Gasteiger partial charge in [0.1, 0.15) is 0 Å². The molecule has 0 radical (unpaired) electrons. The Kier molecular flexibility index (Phi) is 6.48. The number of amides is 1. The third kappa shape index (κ3) is 4.75. The molecule has 0 atom stereocenters. The molecule has 0 fully saturated rings. The van der Waals surface area contributed by atoms with Crippen LogP contribution < -0.4 is 4.90 Å². The molecule has 2 aromatic carbocycles. The van der Waals surface area contributed by atoms with Crippen molar-refractivity contribution in [3.05, 3.63) is 68.7 Å². The zero-order valence-electron chi connectivity index (χ0n) is 13.4. The molecule has 2 aromatic rings. The average Bonchev–Trinajstić information content (AvgIpc) is 2.60. The second-order valence-electron chi connectivity index (χ2n) is 5.05. The summed E-state index contributed by atoms with van der Waals surface area (Å²) < 4.78 is 4.58. The summed E-state index contributed by atoms with van der Waals surface area (Å²) in [5, 5.41) is 1.14. The molecule has 0 N–H and O–H groups in total. The Morgan fingerprint density at radius 3 is 2.40 bits per heavy atom. The topological polar surface area (TPSA) is 46.6 Å². The molecule has 25 heavy (non-hydrogen) atoms. The van der Waals surface area contributed by atoms with Gasteiger partial charge in [0, 0.05) is 23.7 Å². The normalized spacial score (nSPS) is 10.8. The smallest absolute Gasteiger partial charge is 0.330 e. The van der Waals surface area contributed by atoms with Crippen LogP contribution in [0.2, 0.25) is 15.1 Å². The predicted molar refractivity (Wildman–Crippen MR) is 102 cm³/mol. The Hall–Kier alpha value is -2.01. The highest BCUT2D eigenvalue weighted by molar-refractivity contribution is 6.42. The van der Waals surface area contributed by atoms with Gasteiger partial charge in [-0.05, 0) is 48.0 Å². The number of carbonyl (C=O) groups excluding carboxylic acids is 2. The number of esters is 1. The zero-order valence-corrected chi connectivity index (χ0v) is 15.7. The van der Waals surface area contributed by atoms with E-state index in [1.165, 1.54) is 30.2 Å². The maximum Gasteiger partial charge on any atom is 0.330 e. The maximum absolute atomic E-state index is 12.7. The van der Waals surface area contributed by atoms with Crippen LogP contribution in [0.5, 0.6) is 0 Å². The van der Waals surface area contributed by atoms with Crippen LogP contribution in [0, 0.1) is 0 Å². The third-order valence-electron chi connectivity index (χ3n) is 3.42. The summed E-state index contributed by atoms with van der Waals surface area (Å²) in [6.45, 7) is 0. The molecule has 0 saturated heterocycles. The lowest BCUT2D eigenvalue weighted by Gasteiger charge is -2.20. The number of benzene rings is 2. The first-order chi connectivity index (χ1) is 11.8. The fourth-order valence-corrected chi connectivity index (χ4v) is 2.60. The van der Waals surface area contributed by atoms with Crippen molar-refractivity contribution in [1.82, 2.24) is 0 Å². The van der Waals surface area contributed by atoms with Crippen molar-refractivity contribution in [3.63, 3.8) is 0 Å². The molecular weight excluding hydrogens is 385 g/mol. The highest BCUT2D eigenvalue weighted by Crippen LogP contribution is 2.28. The number of ether oxygens (including phenoxy) is 1. The molecule has 7 heteroatoms. The van der Waals surface area contributed by atoms with Gasteiger partial charge in [-0.25, -0.2) is 4.79 Å². The van der Waals surface area contributed by atoms with Crippen molar-refractivity contribution in [1.29, 1.82) is 0 Å². The number of hydrogen-bond acceptors (Lipinski definition) is 3. The van der Waals surface area contributed by atoms with Gasteiger partial charge in [0.15, 0.2) is 0 Å². The average molecular weight is 399 g/mol. The minimum absolute atomic E-state index is 0.284. The molecular formula is C18H14Cl3NO3. The van der Waals surface area contributed by atoms with Crippen molar-refractivity contribution in [3.8, 4) is 0 Å². The van der Waals surface area contributed by atoms with Crippen molar-refractivity contribution in [2.24, 2.45) is 0 Å². The molecule has 0 aliphatic carbocycles. The highest BCUT2D eigenvalue weighted by atomic mass is 35.5. The molecule has 0 saturated carbocycles. The molecule has 0 aliphatic rings. The lowest BCUT2D eigenvalue weighted by atomic mass is 10.1. The largest absolute Gasteiger partial charge is 0.466 e. The summed E-state index contributed by atoms with van der Waals surface area (Å²) >= 11 is 17.9. The minimum Gasteiger partial charge on any atom is -0.466 e. The number of nitrogens with zero attached hydrogens (tertiary/aromatic N) is 1. The number of halogens is 3. The van der Waals surface area contributed by atoms with Crippen LogP contribution in [0.1, 0.15) is 15.9 Å². The Morgan fingerprint density at radius 2 is 1.76 bits per heavy atom. The Morgan fingerprint density at radius 1 is 1.04 bits per heavy atom. The van der Waals surface area contributed by atoms with E-state index < -0.39 is 5.97 Å². The molecule has 2 rings (SSSR count). The summed E-state index contributed by atoms with van der Waals surface area (Å²) in [7, 11) is 2.90. The molecule has 0 spiro atoms. The van der Waals surface area contributed by atoms with Crippen molar-refractivity contribution in [2.45, 2.75) is 0 Å². The maximum atomic E-state index is 12.7. The lowest BCUT2D eigenvalue weighted by Crippen LogP contribution is -2.26. The number of anilines is 1. The fraction of sp³-hybridized carbons (Fsp3) is 0.111. The molecule has 0 aliphatic heterocycles. The van der Waals surface area contributed by atoms with Crippen LogP contribution in [-0.2, 0) is 9.53 Å². The van der Waals surface area contributed by atoms with Crippen molar-refractivity contribution < 1.29 is 14.3 Å². The quantitative estimate of drug-likeness (QED) is 0.531. The number of carbonyl (C=O) groups is 2. The van der Waals surface area contributed by atoms with Crippen LogP contribution in [0.4, 0.5) is 5.69 Å². The summed E-state index contributed by atoms with van der Waals surface area (Å²) in [6.07, 6.45) is 2.79. The van der Waals surface area contributed by atoms with Gasteiger partial charge in [0.2, 0.25) is 0 Å². The van der Waals surface area contributed by atoms with Gasteiger partial charge in [0.05, 0.1) is 22.8 Å². The van der Waals surface area contributed by atoms with Crippen LogP contribution in [0.25, 0.3) is 6.08 Å². The summed E-state index contributed by atoms with van der Waals surface area (Å²) in [6, 6.07) is 9.65. The molecule has 0 unspecified atom stereocenters. The zero-order chi connectivity index (χ0) is 18.6. The first kappa shape index (κ1) is 19.3. The number of hydrogen-bond donors (Lipinski definition) is 0. The molecule has 0 aromatic heterocycles. The van der Waals surface area contributed by atoms with Gasteiger partial charge in [-0.1, -0.05) is 34.8 Å². The lowest BCUT2D eigenvalue weighted by molar-refractivity contribution is -0.134. The second kappa shape index (κ2) is 8.39. The van der Waals surface area contributed by atoms with Gasteiger partial charge >= 0.3 is 5.97 Å². The van der Waals surface area contributed by atoms with E-state index in [0.29, 0.717) is 31.9 Å². The van der Waals surface area contributed by atoms with E-state index in [4.69, 9.17) is 34.8 Å². The van der Waals surface area contributed by atoms with Gasteiger partial charge in [-0.15, -0.1) is 0 Å². The SMILES string of the molecule is COC(=O)/C=C/c1cc(Cl)ccc1N(C)C(=O)c1ccc(Cl)c(Cl)c1. The molecule has 0 bridgehead atoms. The van der Waals surface area contributed by atoms with E-state index in [1.807, 2.05) is 0 Å². The predicted octanol–water partition coefficient (Wildman–Crippen LogP) is 5.11. The van der Waals surface area contributed by atoms with E-state index >= 15 is 0 Å². The Labute approximate surface area is 160 Å². The third-order valence-corrected chi connectivity index (χ3v) is 4.40. The van der Waals surface area contributed by atoms with E-state index in [0.717, 1.165) is 0 Å². The molecule has 130 valence electrons. The van der Waals surface area contributed by atoms with Crippen LogP contribution >= 0.6 is 34.8 Å². The van der Waals surface area contributed by atoms with Gasteiger partial charge < -0.3 is 9.64 Å². The first-order valence-electron chi connectivity index (χ1n) is 7.12. The molecule has 0 heterocycles. The van der Waals surface area contributed by atoms with E-state index in [2.05, 4.69) is 4.74 Å². The highest BCUT2D eigenvalue weighted by Gasteiger charge is 2.17. The van der Waals surface area contributed by atoms with Crippen LogP contribution in [0.3, 0.4) is 0 Å². The van der Waals surface area contributed by atoms with Gasteiger partial charge in [-0.3, -0.25) is 4.79 Å². The Bertz CT molecular complexity index is 849. The molecule has 4 nitrogen and oxygen atoms in total. The van der Waals surface area contributed by atoms with E-state index in [-0.39, 0.29) is 5.91 Å². The first-order valence-corrected chi connectivity index (χ1v) is 8.25. The summed E-state index contributed by atoms with van der Waals surface area (Å²) in [5.41, 5.74) is 1.55. The monoisotopic (exact) mass is 397 g/mol. The summed E-state index contributed by atoms with van der Waals surface area (Å²) in [4.78, 5) is 25.5. The molecule has 1 amide bonds. The van der Waals surface area contributed by atoms with Crippen molar-refractivity contribution >= 4 is 58.4 Å². The fourth-order valence-electron chi connectivity index (χ4n) is 2.12. The van der Waals surface area contributed by atoms with Crippen molar-refractivity contribution in [2.75, 3.05) is 19.1 Å². The Balaban J connectivity index is 2.39. The van der Waals surface area contributed by atoms with E-state index in [1.54, 1.807) is 37.4 Å².